The molecule has 3 aromatic carbocycles. The van der Waals surface area contributed by atoms with Gasteiger partial charge in [-0.25, -0.2) is 0 Å². The molecule has 0 fully saturated rings. The van der Waals surface area contributed by atoms with E-state index in [0.29, 0.717) is 24.3 Å². The first kappa shape index (κ1) is 26.0. The standard InChI is InChI=1S/C30H39NO3/c1-22(2)31(23(3)4)18-17-27(25-12-6-5-7-13-25)28-15-8-9-16-30(28)34-21-24-11-10-14-26(19-24)29(33)20-32/h5-16,19,22-23,27,29,32-33H,17-18,20-21H2,1-4H3/t27-,29?/m1/s1. The average Bonchev–Trinajstić information content (AvgIpc) is 2.85. The van der Waals surface area contributed by atoms with Crippen molar-refractivity contribution in [3.63, 3.8) is 0 Å². The molecule has 3 rings (SSSR count). The average molecular weight is 462 g/mol. The van der Waals surface area contributed by atoms with E-state index in [4.69, 9.17) is 4.74 Å². The van der Waals surface area contributed by atoms with E-state index in [1.165, 1.54) is 11.1 Å². The Morgan fingerprint density at radius 1 is 0.794 bits per heavy atom. The molecule has 0 aliphatic heterocycles. The molecular weight excluding hydrogens is 422 g/mol. The molecule has 4 nitrogen and oxygen atoms in total. The second-order valence-corrected chi connectivity index (χ2v) is 9.45. The van der Waals surface area contributed by atoms with Crippen molar-refractivity contribution >= 4 is 0 Å². The number of para-hydroxylation sites is 1. The molecule has 0 heterocycles. The summed E-state index contributed by atoms with van der Waals surface area (Å²) in [6, 6.07) is 27.5. The van der Waals surface area contributed by atoms with Gasteiger partial charge in [0.2, 0.25) is 0 Å². The second kappa shape index (κ2) is 12.7. The van der Waals surface area contributed by atoms with Gasteiger partial charge >= 0.3 is 0 Å². The number of hydrogen-bond acceptors (Lipinski definition) is 4. The second-order valence-electron chi connectivity index (χ2n) is 9.45. The summed E-state index contributed by atoms with van der Waals surface area (Å²) in [5, 5.41) is 19.2. The highest BCUT2D eigenvalue weighted by molar-refractivity contribution is 5.42. The zero-order chi connectivity index (χ0) is 24.5. The fraction of sp³-hybridized carbons (Fsp3) is 0.400. The monoisotopic (exact) mass is 461 g/mol. The third-order valence-electron chi connectivity index (χ3n) is 6.40. The minimum Gasteiger partial charge on any atom is -0.489 e. The van der Waals surface area contributed by atoms with Gasteiger partial charge in [0, 0.05) is 23.6 Å². The van der Waals surface area contributed by atoms with Crippen molar-refractivity contribution in [3.05, 3.63) is 101 Å². The lowest BCUT2D eigenvalue weighted by Crippen LogP contribution is -2.38. The molecule has 0 radical (unpaired) electrons. The Morgan fingerprint density at radius 3 is 2.12 bits per heavy atom. The fourth-order valence-electron chi connectivity index (χ4n) is 4.63. The third-order valence-corrected chi connectivity index (χ3v) is 6.40. The number of aliphatic hydroxyl groups excluding tert-OH is 2. The van der Waals surface area contributed by atoms with Gasteiger partial charge in [0.05, 0.1) is 6.61 Å². The summed E-state index contributed by atoms with van der Waals surface area (Å²) in [6.07, 6.45) is 0.124. The Morgan fingerprint density at radius 2 is 1.44 bits per heavy atom. The van der Waals surface area contributed by atoms with Gasteiger partial charge in [0.1, 0.15) is 18.5 Å². The van der Waals surface area contributed by atoms with Gasteiger partial charge < -0.3 is 14.9 Å². The van der Waals surface area contributed by atoms with Crippen molar-refractivity contribution in [2.45, 2.75) is 64.8 Å². The molecule has 0 spiro atoms. The van der Waals surface area contributed by atoms with E-state index in [1.54, 1.807) is 0 Å². The van der Waals surface area contributed by atoms with E-state index >= 15 is 0 Å². The van der Waals surface area contributed by atoms with Gasteiger partial charge in [-0.3, -0.25) is 4.90 Å². The molecule has 1 unspecified atom stereocenters. The molecule has 0 bridgehead atoms. The van der Waals surface area contributed by atoms with Crippen LogP contribution in [0.2, 0.25) is 0 Å². The quantitative estimate of drug-likeness (QED) is 0.351. The van der Waals surface area contributed by atoms with Crippen LogP contribution in [0.3, 0.4) is 0 Å². The number of nitrogens with zero attached hydrogens (tertiary/aromatic N) is 1. The topological polar surface area (TPSA) is 52.9 Å². The molecule has 0 aliphatic carbocycles. The Labute approximate surface area is 204 Å². The van der Waals surface area contributed by atoms with E-state index in [9.17, 15) is 10.2 Å². The predicted molar refractivity (Wildman–Crippen MR) is 139 cm³/mol. The number of hydrogen-bond donors (Lipinski definition) is 2. The van der Waals surface area contributed by atoms with Crippen molar-refractivity contribution in [3.8, 4) is 5.75 Å². The highest BCUT2D eigenvalue weighted by Gasteiger charge is 2.21. The molecule has 0 saturated heterocycles. The van der Waals surface area contributed by atoms with Crippen LogP contribution in [0.25, 0.3) is 0 Å². The molecule has 2 N–H and O–H groups in total. The van der Waals surface area contributed by atoms with Crippen LogP contribution in [0, 0.1) is 0 Å². The minimum absolute atomic E-state index is 0.222. The third kappa shape index (κ3) is 6.92. The van der Waals surface area contributed by atoms with Crippen molar-refractivity contribution < 1.29 is 14.9 Å². The fourth-order valence-corrected chi connectivity index (χ4v) is 4.63. The highest BCUT2D eigenvalue weighted by Crippen LogP contribution is 2.35. The van der Waals surface area contributed by atoms with Crippen molar-refractivity contribution in [1.82, 2.24) is 4.90 Å². The molecule has 34 heavy (non-hydrogen) atoms. The largest absolute Gasteiger partial charge is 0.489 e. The summed E-state index contributed by atoms with van der Waals surface area (Å²) in [6.45, 7) is 10.1. The van der Waals surface area contributed by atoms with E-state index in [1.807, 2.05) is 36.4 Å². The Kier molecular flexibility index (Phi) is 9.70. The molecule has 3 aromatic rings. The first-order valence-corrected chi connectivity index (χ1v) is 12.3. The lowest BCUT2D eigenvalue weighted by atomic mass is 9.87. The Bertz CT molecular complexity index is 995. The SMILES string of the molecule is CC(C)N(CC[C@H](c1ccccc1)c1ccccc1OCc1cccc(C(O)CO)c1)C(C)C. The van der Waals surface area contributed by atoms with E-state index in [0.717, 1.165) is 24.3 Å². The lowest BCUT2D eigenvalue weighted by Gasteiger charge is -2.32. The Balaban J connectivity index is 1.85. The first-order valence-electron chi connectivity index (χ1n) is 12.3. The van der Waals surface area contributed by atoms with Crippen LogP contribution in [-0.4, -0.2) is 40.3 Å². The minimum atomic E-state index is -0.875. The summed E-state index contributed by atoms with van der Waals surface area (Å²) in [5.74, 6) is 1.10. The van der Waals surface area contributed by atoms with Crippen molar-refractivity contribution in [2.75, 3.05) is 13.2 Å². The molecular formula is C30H39NO3. The maximum Gasteiger partial charge on any atom is 0.123 e. The van der Waals surface area contributed by atoms with Gasteiger partial charge in [-0.1, -0.05) is 66.7 Å². The predicted octanol–water partition coefficient (Wildman–Crippen LogP) is 5.93. The molecule has 182 valence electrons. The van der Waals surface area contributed by atoms with Crippen molar-refractivity contribution in [1.29, 1.82) is 0 Å². The first-order chi connectivity index (χ1) is 16.4. The van der Waals surface area contributed by atoms with Crippen LogP contribution < -0.4 is 4.74 Å². The molecule has 2 atom stereocenters. The van der Waals surface area contributed by atoms with Crippen LogP contribution in [-0.2, 0) is 6.61 Å². The van der Waals surface area contributed by atoms with Gasteiger partial charge in [0.15, 0.2) is 0 Å². The van der Waals surface area contributed by atoms with E-state index in [2.05, 4.69) is 75.1 Å². The molecule has 4 heteroatoms. The highest BCUT2D eigenvalue weighted by atomic mass is 16.5. The van der Waals surface area contributed by atoms with Gasteiger partial charge in [0.25, 0.3) is 0 Å². The molecule has 0 aliphatic rings. The maximum atomic E-state index is 9.97. The molecule has 0 amide bonds. The normalized spacial score (nSPS) is 13.4. The van der Waals surface area contributed by atoms with Crippen LogP contribution in [0.1, 0.15) is 68.4 Å². The van der Waals surface area contributed by atoms with Gasteiger partial charge in [-0.15, -0.1) is 0 Å². The molecule has 0 saturated carbocycles. The zero-order valence-corrected chi connectivity index (χ0v) is 20.9. The van der Waals surface area contributed by atoms with Crippen LogP contribution in [0.5, 0.6) is 5.75 Å². The number of benzene rings is 3. The number of rotatable bonds is 12. The van der Waals surface area contributed by atoms with Gasteiger partial charge in [-0.05, 0) is 69.5 Å². The van der Waals surface area contributed by atoms with Gasteiger partial charge in [-0.2, -0.15) is 0 Å². The van der Waals surface area contributed by atoms with E-state index in [-0.39, 0.29) is 12.5 Å². The van der Waals surface area contributed by atoms with Crippen molar-refractivity contribution in [2.24, 2.45) is 0 Å². The van der Waals surface area contributed by atoms with Crippen LogP contribution in [0.4, 0.5) is 0 Å². The lowest BCUT2D eigenvalue weighted by molar-refractivity contribution is 0.0955. The van der Waals surface area contributed by atoms with E-state index < -0.39 is 6.10 Å². The Hall–Kier alpha value is -2.66. The maximum absolute atomic E-state index is 9.97. The van der Waals surface area contributed by atoms with Crippen LogP contribution in [0.15, 0.2) is 78.9 Å². The van der Waals surface area contributed by atoms with Crippen LogP contribution >= 0.6 is 0 Å². The summed E-state index contributed by atoms with van der Waals surface area (Å²) in [7, 11) is 0. The number of aliphatic hydroxyl groups is 2. The zero-order valence-electron chi connectivity index (χ0n) is 20.9. The summed E-state index contributed by atoms with van der Waals surface area (Å²) in [4.78, 5) is 2.54. The number of ether oxygens (including phenoxy) is 1. The smallest absolute Gasteiger partial charge is 0.123 e. The summed E-state index contributed by atoms with van der Waals surface area (Å²) in [5.41, 5.74) is 4.13. The molecule has 0 aromatic heterocycles. The summed E-state index contributed by atoms with van der Waals surface area (Å²) >= 11 is 0. The summed E-state index contributed by atoms with van der Waals surface area (Å²) < 4.78 is 6.34.